The quantitative estimate of drug-likeness (QED) is 0.883. The minimum atomic E-state index is -0.249. The molecule has 2 rings (SSSR count). The van der Waals surface area contributed by atoms with Gasteiger partial charge in [0.15, 0.2) is 0 Å². The molecule has 1 aliphatic carbocycles. The Kier molecular flexibility index (Phi) is 4.51. The number of aliphatic hydroxyl groups excluding tert-OH is 1. The van der Waals surface area contributed by atoms with E-state index < -0.39 is 0 Å². The van der Waals surface area contributed by atoms with Gasteiger partial charge in [-0.2, -0.15) is 0 Å². The summed E-state index contributed by atoms with van der Waals surface area (Å²) in [7, 11) is 0. The average molecular weight is 334 g/mol. The first-order valence-electron chi connectivity index (χ1n) is 6.25. The molecule has 1 heterocycles. The highest BCUT2D eigenvalue weighted by Crippen LogP contribution is 2.36. The second kappa shape index (κ2) is 5.76. The number of hydrogen-bond donors (Lipinski definition) is 2. The lowest BCUT2D eigenvalue weighted by molar-refractivity contribution is 0.149. The van der Waals surface area contributed by atoms with E-state index in [2.05, 4.69) is 33.2 Å². The number of pyridine rings is 1. The summed E-state index contributed by atoms with van der Waals surface area (Å²) in [6.45, 7) is 2.36. The Morgan fingerprint density at radius 1 is 1.67 bits per heavy atom. The molecule has 0 saturated heterocycles. The number of aromatic nitrogens is 1. The van der Waals surface area contributed by atoms with Gasteiger partial charge in [0.2, 0.25) is 0 Å². The maximum absolute atomic E-state index is 9.73. The molecule has 2 unspecified atom stereocenters. The smallest absolute Gasteiger partial charge is 0.140 e. The van der Waals surface area contributed by atoms with Gasteiger partial charge in [-0.05, 0) is 40.8 Å². The van der Waals surface area contributed by atoms with Gasteiger partial charge in [0, 0.05) is 6.20 Å². The van der Waals surface area contributed by atoms with Crippen molar-refractivity contribution in [1.29, 1.82) is 0 Å². The number of nitrogens with one attached hydrogen (secondary N) is 1. The molecule has 0 spiro atoms. The SMILES string of the molecule is CC1CCCC(CO)(Nc2ncc(Cl)cc2Br)C1. The molecule has 2 atom stereocenters. The highest BCUT2D eigenvalue weighted by atomic mass is 79.9. The van der Waals surface area contributed by atoms with E-state index in [0.717, 1.165) is 29.6 Å². The summed E-state index contributed by atoms with van der Waals surface area (Å²) in [6, 6.07) is 1.81. The van der Waals surface area contributed by atoms with Gasteiger partial charge < -0.3 is 10.4 Å². The maximum atomic E-state index is 9.73. The Morgan fingerprint density at radius 2 is 2.44 bits per heavy atom. The van der Waals surface area contributed by atoms with Crippen LogP contribution in [0.2, 0.25) is 5.02 Å². The van der Waals surface area contributed by atoms with Crippen molar-refractivity contribution in [1.82, 2.24) is 4.98 Å². The lowest BCUT2D eigenvalue weighted by atomic mass is 9.77. The van der Waals surface area contributed by atoms with Crippen LogP contribution in [0, 0.1) is 5.92 Å². The van der Waals surface area contributed by atoms with Gasteiger partial charge in [0.25, 0.3) is 0 Å². The summed E-state index contributed by atoms with van der Waals surface area (Å²) < 4.78 is 0.834. The molecule has 0 radical (unpaired) electrons. The zero-order valence-corrected chi connectivity index (χ0v) is 12.8. The third kappa shape index (κ3) is 3.16. The van der Waals surface area contributed by atoms with E-state index in [1.165, 1.54) is 6.42 Å². The highest BCUT2D eigenvalue weighted by Gasteiger charge is 2.35. The van der Waals surface area contributed by atoms with Crippen molar-refractivity contribution in [3.05, 3.63) is 21.8 Å². The van der Waals surface area contributed by atoms with E-state index >= 15 is 0 Å². The lowest BCUT2D eigenvalue weighted by Gasteiger charge is -2.40. The first-order chi connectivity index (χ1) is 8.54. The second-order valence-corrected chi connectivity index (χ2v) is 6.54. The fourth-order valence-corrected chi connectivity index (χ4v) is 3.45. The number of rotatable bonds is 3. The largest absolute Gasteiger partial charge is 0.394 e. The van der Waals surface area contributed by atoms with Crippen molar-refractivity contribution in [2.24, 2.45) is 5.92 Å². The molecule has 0 aliphatic heterocycles. The van der Waals surface area contributed by atoms with Crippen LogP contribution in [0.3, 0.4) is 0 Å². The Labute approximate surface area is 121 Å². The average Bonchev–Trinajstić information content (AvgIpc) is 2.33. The van der Waals surface area contributed by atoms with Crippen molar-refractivity contribution >= 4 is 33.3 Å². The van der Waals surface area contributed by atoms with Crippen LogP contribution >= 0.6 is 27.5 Å². The summed E-state index contributed by atoms with van der Waals surface area (Å²) in [5.41, 5.74) is -0.249. The highest BCUT2D eigenvalue weighted by molar-refractivity contribution is 9.10. The molecule has 1 aromatic rings. The molecule has 2 N–H and O–H groups in total. The summed E-state index contributed by atoms with van der Waals surface area (Å²) in [6.07, 6.45) is 5.94. The third-order valence-corrected chi connectivity index (χ3v) is 4.40. The molecule has 5 heteroatoms. The Morgan fingerprint density at radius 3 is 3.06 bits per heavy atom. The topological polar surface area (TPSA) is 45.1 Å². The van der Waals surface area contributed by atoms with E-state index in [1.807, 2.05) is 6.07 Å². The van der Waals surface area contributed by atoms with E-state index in [-0.39, 0.29) is 12.1 Å². The molecular formula is C13H18BrClN2O. The van der Waals surface area contributed by atoms with Crippen LogP contribution < -0.4 is 5.32 Å². The van der Waals surface area contributed by atoms with Gasteiger partial charge in [0.1, 0.15) is 5.82 Å². The van der Waals surface area contributed by atoms with Crippen LogP contribution in [-0.2, 0) is 0 Å². The van der Waals surface area contributed by atoms with Gasteiger partial charge in [-0.3, -0.25) is 0 Å². The zero-order chi connectivity index (χ0) is 13.2. The lowest BCUT2D eigenvalue weighted by Crippen LogP contribution is -2.46. The molecule has 1 aliphatic rings. The number of nitrogens with zero attached hydrogens (tertiary/aromatic N) is 1. The molecule has 0 amide bonds. The van der Waals surface area contributed by atoms with Crippen LogP contribution in [-0.4, -0.2) is 22.2 Å². The van der Waals surface area contributed by atoms with Crippen LogP contribution in [0.5, 0.6) is 0 Å². The minimum Gasteiger partial charge on any atom is -0.394 e. The summed E-state index contributed by atoms with van der Waals surface area (Å²) in [5, 5.41) is 13.7. The predicted octanol–water partition coefficient (Wildman–Crippen LogP) is 3.85. The molecule has 3 nitrogen and oxygen atoms in total. The summed E-state index contributed by atoms with van der Waals surface area (Å²) in [4.78, 5) is 4.29. The van der Waals surface area contributed by atoms with Gasteiger partial charge in [0.05, 0.1) is 21.6 Å². The molecule has 1 fully saturated rings. The number of halogens is 2. The molecule has 1 saturated carbocycles. The first-order valence-corrected chi connectivity index (χ1v) is 7.42. The molecule has 1 aromatic heterocycles. The first kappa shape index (κ1) is 14.1. The van der Waals surface area contributed by atoms with Gasteiger partial charge in [-0.1, -0.05) is 31.4 Å². The van der Waals surface area contributed by atoms with Crippen molar-refractivity contribution < 1.29 is 5.11 Å². The molecule has 100 valence electrons. The van der Waals surface area contributed by atoms with Gasteiger partial charge in [-0.25, -0.2) is 4.98 Å². The van der Waals surface area contributed by atoms with Gasteiger partial charge >= 0.3 is 0 Å². The van der Waals surface area contributed by atoms with Crippen molar-refractivity contribution in [3.63, 3.8) is 0 Å². The second-order valence-electron chi connectivity index (χ2n) is 5.25. The Bertz CT molecular complexity index is 429. The van der Waals surface area contributed by atoms with Crippen molar-refractivity contribution in [2.75, 3.05) is 11.9 Å². The fraction of sp³-hybridized carbons (Fsp3) is 0.615. The van der Waals surface area contributed by atoms with Crippen molar-refractivity contribution in [2.45, 2.75) is 38.1 Å². The maximum Gasteiger partial charge on any atom is 0.140 e. The van der Waals surface area contributed by atoms with E-state index in [1.54, 1.807) is 6.20 Å². The van der Waals surface area contributed by atoms with E-state index in [4.69, 9.17) is 11.6 Å². The molecule has 18 heavy (non-hydrogen) atoms. The van der Waals surface area contributed by atoms with E-state index in [9.17, 15) is 5.11 Å². The fourth-order valence-electron chi connectivity index (χ4n) is 2.71. The van der Waals surface area contributed by atoms with Crippen LogP contribution in [0.4, 0.5) is 5.82 Å². The van der Waals surface area contributed by atoms with Gasteiger partial charge in [-0.15, -0.1) is 0 Å². The number of hydrogen-bond acceptors (Lipinski definition) is 3. The van der Waals surface area contributed by atoms with Crippen molar-refractivity contribution in [3.8, 4) is 0 Å². The monoisotopic (exact) mass is 332 g/mol. The molecular weight excluding hydrogens is 316 g/mol. The summed E-state index contributed by atoms with van der Waals surface area (Å²) in [5.74, 6) is 1.38. The zero-order valence-electron chi connectivity index (χ0n) is 10.4. The van der Waals surface area contributed by atoms with Crippen LogP contribution in [0.25, 0.3) is 0 Å². The number of anilines is 1. The third-order valence-electron chi connectivity index (χ3n) is 3.59. The van der Waals surface area contributed by atoms with E-state index in [0.29, 0.717) is 10.9 Å². The Hall–Kier alpha value is -0.320. The standard InChI is InChI=1S/C13H18BrClN2O/c1-9-3-2-4-13(6-9,8-18)17-12-11(14)5-10(15)7-16-12/h5,7,9,18H,2-4,6,8H2,1H3,(H,16,17). The summed E-state index contributed by atoms with van der Waals surface area (Å²) >= 11 is 9.33. The molecule has 0 aromatic carbocycles. The molecule has 0 bridgehead atoms. The minimum absolute atomic E-state index is 0.133. The van der Waals surface area contributed by atoms with Crippen LogP contribution in [0.1, 0.15) is 32.6 Å². The predicted molar refractivity (Wildman–Crippen MR) is 78.0 cm³/mol. The Balaban J connectivity index is 2.19. The number of aliphatic hydroxyl groups is 1. The van der Waals surface area contributed by atoms with Crippen LogP contribution in [0.15, 0.2) is 16.7 Å². The normalized spacial score (nSPS) is 28.1.